The van der Waals surface area contributed by atoms with E-state index in [1.807, 2.05) is 0 Å². The second-order valence-electron chi connectivity index (χ2n) is 6.37. The number of carbonyl (C=O) groups is 1. The second kappa shape index (κ2) is 7.00. The van der Waals surface area contributed by atoms with Crippen molar-refractivity contribution in [1.82, 2.24) is 20.1 Å². The summed E-state index contributed by atoms with van der Waals surface area (Å²) in [7, 11) is 0. The molecule has 3 rings (SSSR count). The van der Waals surface area contributed by atoms with E-state index in [9.17, 15) is 4.79 Å². The highest BCUT2D eigenvalue weighted by molar-refractivity contribution is 7.99. The maximum Gasteiger partial charge on any atom is 0.230 e. The fourth-order valence-electron chi connectivity index (χ4n) is 2.62. The number of hydrogen-bond acceptors (Lipinski definition) is 5. The molecule has 1 aromatic heterocycles. The lowest BCUT2D eigenvalue weighted by molar-refractivity contribution is -0.118. The molecule has 0 spiro atoms. The Morgan fingerprint density at radius 2 is 2.23 bits per heavy atom. The number of hydrogen-bond donors (Lipinski definition) is 1. The van der Waals surface area contributed by atoms with Gasteiger partial charge in [0.25, 0.3) is 0 Å². The molecule has 1 aliphatic carbocycles. The molecule has 2 fully saturated rings. The van der Waals surface area contributed by atoms with Gasteiger partial charge in [-0.15, -0.1) is 10.2 Å². The fourth-order valence-corrected chi connectivity index (χ4v) is 3.39. The first kappa shape index (κ1) is 15.8. The average Bonchev–Trinajstić information content (AvgIpc) is 3.00. The number of rotatable bonds is 7. The summed E-state index contributed by atoms with van der Waals surface area (Å²) in [6, 6.07) is 0.407. The lowest BCUT2D eigenvalue weighted by Gasteiger charge is -2.15. The molecule has 1 saturated carbocycles. The summed E-state index contributed by atoms with van der Waals surface area (Å²) in [6.07, 6.45) is 4.68. The number of nitrogens with one attached hydrogen (secondary N) is 1. The van der Waals surface area contributed by atoms with Gasteiger partial charge in [0.05, 0.1) is 18.4 Å². The Labute approximate surface area is 135 Å². The zero-order valence-corrected chi connectivity index (χ0v) is 14.1. The van der Waals surface area contributed by atoms with E-state index in [1.165, 1.54) is 11.8 Å². The summed E-state index contributed by atoms with van der Waals surface area (Å²) < 4.78 is 7.87. The fraction of sp³-hybridized carbons (Fsp3) is 0.800. The molecule has 1 saturated heterocycles. The topological polar surface area (TPSA) is 69.0 Å². The van der Waals surface area contributed by atoms with Crippen molar-refractivity contribution in [2.75, 3.05) is 12.4 Å². The van der Waals surface area contributed by atoms with Gasteiger partial charge in [-0.3, -0.25) is 4.79 Å². The van der Waals surface area contributed by atoms with Crippen LogP contribution in [0.5, 0.6) is 0 Å². The molecule has 2 aliphatic rings. The number of nitrogens with zero attached hydrogens (tertiary/aromatic N) is 3. The van der Waals surface area contributed by atoms with Crippen LogP contribution in [0.1, 0.15) is 51.3 Å². The predicted octanol–water partition coefficient (Wildman–Crippen LogP) is 1.95. The lowest BCUT2D eigenvalue weighted by Crippen LogP contribution is -2.27. The van der Waals surface area contributed by atoms with E-state index in [1.54, 1.807) is 0 Å². The summed E-state index contributed by atoms with van der Waals surface area (Å²) in [5.74, 6) is 1.77. The number of ether oxygens (including phenoxy) is 1. The van der Waals surface area contributed by atoms with Gasteiger partial charge in [0.2, 0.25) is 5.91 Å². The van der Waals surface area contributed by atoms with Crippen LogP contribution in [0.25, 0.3) is 0 Å². The smallest absolute Gasteiger partial charge is 0.230 e. The first-order valence-corrected chi connectivity index (χ1v) is 9.09. The van der Waals surface area contributed by atoms with Crippen molar-refractivity contribution in [2.45, 2.75) is 69.3 Å². The third kappa shape index (κ3) is 4.01. The molecule has 0 unspecified atom stereocenters. The summed E-state index contributed by atoms with van der Waals surface area (Å²) >= 11 is 1.47. The number of thioether (sulfide) groups is 1. The van der Waals surface area contributed by atoms with Crippen molar-refractivity contribution in [2.24, 2.45) is 0 Å². The molecule has 1 N–H and O–H groups in total. The molecule has 0 radical (unpaired) electrons. The molecule has 1 aliphatic heterocycles. The van der Waals surface area contributed by atoms with Crippen LogP contribution >= 0.6 is 11.8 Å². The Bertz CT molecular complexity index is 522. The Kier molecular flexibility index (Phi) is 5.03. The molecule has 0 bridgehead atoms. The third-order valence-electron chi connectivity index (χ3n) is 3.95. The SMILES string of the molecule is CC(C)c1nnc(SCC(=O)NC2CC2)n1C[C@@H]1CCCO1. The highest BCUT2D eigenvalue weighted by atomic mass is 32.2. The molecule has 1 aromatic rings. The summed E-state index contributed by atoms with van der Waals surface area (Å²) in [5.41, 5.74) is 0. The number of carbonyl (C=O) groups excluding carboxylic acids is 1. The molecular weight excluding hydrogens is 300 g/mol. The van der Waals surface area contributed by atoms with E-state index in [-0.39, 0.29) is 12.0 Å². The number of amides is 1. The zero-order chi connectivity index (χ0) is 15.5. The molecular formula is C15H24N4O2S. The molecule has 122 valence electrons. The van der Waals surface area contributed by atoms with E-state index >= 15 is 0 Å². The quantitative estimate of drug-likeness (QED) is 0.776. The van der Waals surface area contributed by atoms with Gasteiger partial charge in [-0.25, -0.2) is 0 Å². The summed E-state index contributed by atoms with van der Waals surface area (Å²) in [5, 5.41) is 12.4. The Balaban J connectivity index is 1.64. The summed E-state index contributed by atoms with van der Waals surface area (Å²) in [6.45, 7) is 5.86. The van der Waals surface area contributed by atoms with Gasteiger partial charge in [0.1, 0.15) is 5.82 Å². The largest absolute Gasteiger partial charge is 0.376 e. The van der Waals surface area contributed by atoms with E-state index in [2.05, 4.69) is 33.9 Å². The van der Waals surface area contributed by atoms with Gasteiger partial charge in [-0.05, 0) is 25.7 Å². The van der Waals surface area contributed by atoms with Crippen molar-refractivity contribution in [1.29, 1.82) is 0 Å². The normalized spacial score (nSPS) is 21.5. The molecule has 6 nitrogen and oxygen atoms in total. The van der Waals surface area contributed by atoms with E-state index < -0.39 is 0 Å². The van der Waals surface area contributed by atoms with Crippen LogP contribution < -0.4 is 5.32 Å². The minimum atomic E-state index is 0.0882. The monoisotopic (exact) mass is 324 g/mol. The van der Waals surface area contributed by atoms with Crippen molar-refractivity contribution < 1.29 is 9.53 Å². The van der Waals surface area contributed by atoms with Gasteiger partial charge in [-0.1, -0.05) is 25.6 Å². The van der Waals surface area contributed by atoms with Crippen molar-refractivity contribution in [3.8, 4) is 0 Å². The Morgan fingerprint density at radius 3 is 2.86 bits per heavy atom. The highest BCUT2D eigenvalue weighted by Gasteiger charge is 2.25. The van der Waals surface area contributed by atoms with Crippen LogP contribution in [0.2, 0.25) is 0 Å². The van der Waals surface area contributed by atoms with Crippen LogP contribution in [-0.4, -0.2) is 45.2 Å². The van der Waals surface area contributed by atoms with Crippen LogP contribution in [0.3, 0.4) is 0 Å². The predicted molar refractivity (Wildman–Crippen MR) is 85.0 cm³/mol. The molecule has 0 aromatic carbocycles. The maximum absolute atomic E-state index is 11.8. The van der Waals surface area contributed by atoms with Gasteiger partial charge < -0.3 is 14.6 Å². The molecule has 1 atom stereocenters. The van der Waals surface area contributed by atoms with Gasteiger partial charge >= 0.3 is 0 Å². The maximum atomic E-state index is 11.8. The average molecular weight is 324 g/mol. The van der Waals surface area contributed by atoms with Crippen LogP contribution in [0.4, 0.5) is 0 Å². The number of aromatic nitrogens is 3. The van der Waals surface area contributed by atoms with Gasteiger partial charge in [0, 0.05) is 18.6 Å². The van der Waals surface area contributed by atoms with Crippen LogP contribution in [-0.2, 0) is 16.1 Å². The highest BCUT2D eigenvalue weighted by Crippen LogP contribution is 2.25. The Morgan fingerprint density at radius 1 is 1.41 bits per heavy atom. The lowest BCUT2D eigenvalue weighted by atomic mass is 10.2. The minimum absolute atomic E-state index is 0.0882. The minimum Gasteiger partial charge on any atom is -0.376 e. The summed E-state index contributed by atoms with van der Waals surface area (Å²) in [4.78, 5) is 11.8. The first-order chi connectivity index (χ1) is 10.6. The van der Waals surface area contributed by atoms with Crippen molar-refractivity contribution in [3.05, 3.63) is 5.82 Å². The molecule has 22 heavy (non-hydrogen) atoms. The van der Waals surface area contributed by atoms with Gasteiger partial charge in [-0.2, -0.15) is 0 Å². The zero-order valence-electron chi connectivity index (χ0n) is 13.2. The van der Waals surface area contributed by atoms with Crippen LogP contribution in [0.15, 0.2) is 5.16 Å². The van der Waals surface area contributed by atoms with Crippen LogP contribution in [0, 0.1) is 0 Å². The van der Waals surface area contributed by atoms with E-state index in [4.69, 9.17) is 4.74 Å². The van der Waals surface area contributed by atoms with E-state index in [0.29, 0.717) is 17.7 Å². The van der Waals surface area contributed by atoms with E-state index in [0.717, 1.165) is 49.8 Å². The molecule has 2 heterocycles. The standard InChI is InChI=1S/C15H24N4O2S/c1-10(2)14-17-18-15(19(14)8-12-4-3-7-21-12)22-9-13(20)16-11-5-6-11/h10-12H,3-9H2,1-2H3,(H,16,20)/t12-/m0/s1. The molecule has 7 heteroatoms. The van der Waals surface area contributed by atoms with Crippen molar-refractivity contribution in [3.63, 3.8) is 0 Å². The third-order valence-corrected chi connectivity index (χ3v) is 4.91. The first-order valence-electron chi connectivity index (χ1n) is 8.10. The van der Waals surface area contributed by atoms with Gasteiger partial charge in [0.15, 0.2) is 5.16 Å². The van der Waals surface area contributed by atoms with Crippen molar-refractivity contribution >= 4 is 17.7 Å². The second-order valence-corrected chi connectivity index (χ2v) is 7.31. The Hall–Kier alpha value is -1.08. The molecule has 1 amide bonds.